The van der Waals surface area contributed by atoms with Crippen LogP contribution in [0.25, 0.3) is 10.8 Å². The minimum atomic E-state index is 0.145. The molecule has 1 heterocycles. The molecule has 1 aliphatic heterocycles. The second kappa shape index (κ2) is 5.36. The van der Waals surface area contributed by atoms with E-state index in [9.17, 15) is 4.79 Å². The van der Waals surface area contributed by atoms with Gasteiger partial charge in [-0.2, -0.15) is 0 Å². The highest BCUT2D eigenvalue weighted by molar-refractivity contribution is 9.10. The fourth-order valence-corrected chi connectivity index (χ4v) is 4.38. The predicted octanol–water partition coefficient (Wildman–Crippen LogP) is 3.41. The molecule has 22 heavy (non-hydrogen) atoms. The average Bonchev–Trinajstić information content (AvgIpc) is 3.08. The van der Waals surface area contributed by atoms with Gasteiger partial charge in [0.15, 0.2) is 0 Å². The molecule has 1 saturated heterocycles. The maximum absolute atomic E-state index is 12.8. The van der Waals surface area contributed by atoms with Gasteiger partial charge < -0.3 is 10.6 Å². The number of likely N-dealkylation sites (tertiary alicyclic amines) is 1. The number of benzene rings is 2. The maximum Gasteiger partial charge on any atom is 0.253 e. The van der Waals surface area contributed by atoms with Crippen LogP contribution in [-0.4, -0.2) is 29.9 Å². The summed E-state index contributed by atoms with van der Waals surface area (Å²) in [6.07, 6.45) is 2.28. The molecule has 1 amide bonds. The van der Waals surface area contributed by atoms with Crippen LogP contribution in [0.4, 0.5) is 0 Å². The number of carbonyl (C=O) groups is 1. The number of nitrogens with two attached hydrogens (primary N) is 1. The van der Waals surface area contributed by atoms with E-state index in [0.29, 0.717) is 11.8 Å². The smallest absolute Gasteiger partial charge is 0.253 e. The molecule has 4 heteroatoms. The number of fused-ring (bicyclic) bond motifs is 2. The van der Waals surface area contributed by atoms with Crippen molar-refractivity contribution in [1.82, 2.24) is 4.90 Å². The van der Waals surface area contributed by atoms with Crippen molar-refractivity contribution in [3.63, 3.8) is 0 Å². The molecule has 2 N–H and O–H groups in total. The van der Waals surface area contributed by atoms with Crippen molar-refractivity contribution < 1.29 is 4.79 Å². The second-order valence-electron chi connectivity index (χ2n) is 6.58. The summed E-state index contributed by atoms with van der Waals surface area (Å²) in [5.41, 5.74) is 6.95. The van der Waals surface area contributed by atoms with Crippen LogP contribution in [0.1, 0.15) is 23.2 Å². The van der Waals surface area contributed by atoms with Gasteiger partial charge >= 0.3 is 0 Å². The van der Waals surface area contributed by atoms with E-state index in [0.717, 1.165) is 40.3 Å². The number of carbonyl (C=O) groups excluding carboxylic acids is 1. The van der Waals surface area contributed by atoms with E-state index >= 15 is 0 Å². The van der Waals surface area contributed by atoms with Crippen molar-refractivity contribution in [2.75, 3.05) is 13.1 Å². The van der Waals surface area contributed by atoms with Gasteiger partial charge in [0, 0.05) is 29.2 Å². The third kappa shape index (κ3) is 2.34. The molecule has 114 valence electrons. The quantitative estimate of drug-likeness (QED) is 0.848. The lowest BCUT2D eigenvalue weighted by atomic mass is 9.98. The first-order chi connectivity index (χ1) is 10.6. The van der Waals surface area contributed by atoms with Crippen LogP contribution in [0.15, 0.2) is 40.9 Å². The number of nitrogens with zero attached hydrogens (tertiary/aromatic N) is 1. The Bertz CT molecular complexity index is 745. The van der Waals surface area contributed by atoms with Gasteiger partial charge in [0.25, 0.3) is 5.91 Å². The molecule has 3 atom stereocenters. The van der Waals surface area contributed by atoms with Crippen LogP contribution in [0.5, 0.6) is 0 Å². The van der Waals surface area contributed by atoms with Crippen molar-refractivity contribution >= 4 is 32.6 Å². The first-order valence-corrected chi connectivity index (χ1v) is 8.65. The zero-order chi connectivity index (χ0) is 15.3. The van der Waals surface area contributed by atoms with E-state index in [1.54, 1.807) is 0 Å². The van der Waals surface area contributed by atoms with Gasteiger partial charge in [-0.25, -0.2) is 0 Å². The Hall–Kier alpha value is -1.39. The van der Waals surface area contributed by atoms with Crippen molar-refractivity contribution in [2.24, 2.45) is 17.6 Å². The number of hydrogen-bond acceptors (Lipinski definition) is 2. The van der Waals surface area contributed by atoms with Gasteiger partial charge in [-0.15, -0.1) is 0 Å². The predicted molar refractivity (Wildman–Crippen MR) is 91.7 cm³/mol. The Balaban J connectivity index is 1.59. The highest BCUT2D eigenvalue weighted by atomic mass is 79.9. The molecule has 2 fully saturated rings. The molecule has 1 saturated carbocycles. The lowest BCUT2D eigenvalue weighted by Gasteiger charge is -2.19. The van der Waals surface area contributed by atoms with Crippen molar-refractivity contribution in [2.45, 2.75) is 18.9 Å². The Morgan fingerprint density at radius 2 is 1.86 bits per heavy atom. The summed E-state index contributed by atoms with van der Waals surface area (Å²) in [4.78, 5) is 14.8. The SMILES string of the molecule is NC1CCC2CN(C(=O)c3ccc4cc(Br)ccc4c3)CC12. The zero-order valence-corrected chi connectivity index (χ0v) is 13.9. The monoisotopic (exact) mass is 358 g/mol. The summed E-state index contributed by atoms with van der Waals surface area (Å²) in [6.45, 7) is 1.69. The van der Waals surface area contributed by atoms with Crippen LogP contribution < -0.4 is 5.73 Å². The normalized spacial score (nSPS) is 27.4. The molecule has 2 aromatic carbocycles. The van der Waals surface area contributed by atoms with Crippen LogP contribution in [0.3, 0.4) is 0 Å². The Labute approximate surface area is 138 Å². The average molecular weight is 359 g/mol. The van der Waals surface area contributed by atoms with Crippen molar-refractivity contribution in [3.8, 4) is 0 Å². The summed E-state index contributed by atoms with van der Waals surface area (Å²) in [7, 11) is 0. The summed E-state index contributed by atoms with van der Waals surface area (Å²) >= 11 is 3.48. The zero-order valence-electron chi connectivity index (χ0n) is 12.3. The molecule has 1 aliphatic carbocycles. The molecule has 0 radical (unpaired) electrons. The van der Waals surface area contributed by atoms with E-state index in [-0.39, 0.29) is 11.9 Å². The summed E-state index contributed by atoms with van der Waals surface area (Å²) < 4.78 is 1.06. The van der Waals surface area contributed by atoms with Gasteiger partial charge in [-0.3, -0.25) is 4.79 Å². The highest BCUT2D eigenvalue weighted by Gasteiger charge is 2.42. The topological polar surface area (TPSA) is 46.3 Å². The molecule has 0 bridgehead atoms. The van der Waals surface area contributed by atoms with E-state index in [1.807, 2.05) is 35.2 Å². The van der Waals surface area contributed by atoms with Gasteiger partial charge in [-0.1, -0.05) is 28.1 Å². The summed E-state index contributed by atoms with van der Waals surface area (Å²) in [5, 5.41) is 2.25. The number of amides is 1. The molecule has 4 rings (SSSR count). The lowest BCUT2D eigenvalue weighted by molar-refractivity contribution is 0.0780. The van der Waals surface area contributed by atoms with Gasteiger partial charge in [0.1, 0.15) is 0 Å². The minimum absolute atomic E-state index is 0.145. The first kappa shape index (κ1) is 14.2. The third-order valence-corrected chi connectivity index (χ3v) is 5.74. The standard InChI is InChI=1S/C18H19BrN2O/c19-15-5-3-11-7-13(2-1-12(11)8-15)18(22)21-9-14-4-6-17(20)16(14)10-21/h1-3,5,7-8,14,16-17H,4,6,9-10,20H2. The molecule has 2 aromatic rings. The number of hydrogen-bond donors (Lipinski definition) is 1. The van der Waals surface area contributed by atoms with E-state index in [1.165, 1.54) is 6.42 Å². The maximum atomic E-state index is 12.8. The van der Waals surface area contributed by atoms with Gasteiger partial charge in [0.2, 0.25) is 0 Å². The number of halogens is 1. The molecule has 3 nitrogen and oxygen atoms in total. The van der Waals surface area contributed by atoms with E-state index in [2.05, 4.69) is 22.0 Å². The molecular formula is C18H19BrN2O. The largest absolute Gasteiger partial charge is 0.338 e. The fraction of sp³-hybridized carbons (Fsp3) is 0.389. The lowest BCUT2D eigenvalue weighted by Crippen LogP contribution is -2.33. The molecule has 0 spiro atoms. The molecule has 2 aliphatic rings. The summed E-state index contributed by atoms with van der Waals surface area (Å²) in [6, 6.07) is 12.4. The molecular weight excluding hydrogens is 340 g/mol. The van der Waals surface area contributed by atoms with Gasteiger partial charge in [-0.05, 0) is 59.7 Å². The van der Waals surface area contributed by atoms with Crippen LogP contribution in [0, 0.1) is 11.8 Å². The Kier molecular flexibility index (Phi) is 3.46. The Morgan fingerprint density at radius 1 is 1.09 bits per heavy atom. The fourth-order valence-electron chi connectivity index (χ4n) is 4.01. The molecule has 0 aromatic heterocycles. The highest BCUT2D eigenvalue weighted by Crippen LogP contribution is 2.37. The van der Waals surface area contributed by atoms with Gasteiger partial charge in [0.05, 0.1) is 0 Å². The number of rotatable bonds is 1. The second-order valence-corrected chi connectivity index (χ2v) is 7.50. The van der Waals surface area contributed by atoms with Crippen LogP contribution in [-0.2, 0) is 0 Å². The van der Waals surface area contributed by atoms with Crippen LogP contribution in [0.2, 0.25) is 0 Å². The Morgan fingerprint density at radius 3 is 2.68 bits per heavy atom. The van der Waals surface area contributed by atoms with Crippen molar-refractivity contribution in [3.05, 3.63) is 46.4 Å². The van der Waals surface area contributed by atoms with Crippen LogP contribution >= 0.6 is 15.9 Å². The third-order valence-electron chi connectivity index (χ3n) is 5.25. The van der Waals surface area contributed by atoms with E-state index in [4.69, 9.17) is 5.73 Å². The summed E-state index contributed by atoms with van der Waals surface area (Å²) in [5.74, 6) is 1.25. The minimum Gasteiger partial charge on any atom is -0.338 e. The van der Waals surface area contributed by atoms with Crippen molar-refractivity contribution in [1.29, 1.82) is 0 Å². The van der Waals surface area contributed by atoms with E-state index < -0.39 is 0 Å². The first-order valence-electron chi connectivity index (χ1n) is 7.86. The molecule has 3 unspecified atom stereocenters.